The Morgan fingerprint density at radius 3 is 3.04 bits per heavy atom. The van der Waals surface area contributed by atoms with Gasteiger partial charge in [0.15, 0.2) is 5.82 Å². The third kappa shape index (κ3) is 3.95. The van der Waals surface area contributed by atoms with Crippen molar-refractivity contribution in [1.29, 1.82) is 0 Å². The summed E-state index contributed by atoms with van der Waals surface area (Å²) in [7, 11) is 2.02. The molecule has 1 saturated carbocycles. The van der Waals surface area contributed by atoms with Gasteiger partial charge in [-0.1, -0.05) is 0 Å². The highest BCUT2D eigenvalue weighted by molar-refractivity contribution is 5.88. The van der Waals surface area contributed by atoms with E-state index in [1.165, 1.54) is 6.33 Å². The normalized spacial score (nSPS) is 27.1. The lowest BCUT2D eigenvalue weighted by molar-refractivity contribution is -0.117. The third-order valence-corrected chi connectivity index (χ3v) is 5.32. The number of amides is 1. The SMILES string of the molecule is Cc1cc2ncnc(NC3CC(F)(CNC(=O)/C=C4\CCN(C)C4)C3)c2[nH]1. The van der Waals surface area contributed by atoms with Crippen molar-refractivity contribution >= 4 is 22.8 Å². The average molecular weight is 372 g/mol. The molecular weight excluding hydrogens is 347 g/mol. The van der Waals surface area contributed by atoms with Gasteiger partial charge in [0.25, 0.3) is 0 Å². The number of nitrogens with zero attached hydrogens (tertiary/aromatic N) is 3. The number of anilines is 1. The minimum Gasteiger partial charge on any atom is -0.365 e. The summed E-state index contributed by atoms with van der Waals surface area (Å²) in [4.78, 5) is 25.9. The van der Waals surface area contributed by atoms with Crippen molar-refractivity contribution in [3.8, 4) is 0 Å². The van der Waals surface area contributed by atoms with E-state index in [0.717, 1.165) is 41.8 Å². The first-order valence-electron chi connectivity index (χ1n) is 9.32. The van der Waals surface area contributed by atoms with Crippen LogP contribution >= 0.6 is 0 Å². The molecule has 0 unspecified atom stereocenters. The van der Waals surface area contributed by atoms with Crippen LogP contribution in [0, 0.1) is 6.92 Å². The highest BCUT2D eigenvalue weighted by Gasteiger charge is 2.45. The third-order valence-electron chi connectivity index (χ3n) is 5.32. The van der Waals surface area contributed by atoms with E-state index < -0.39 is 5.67 Å². The molecule has 3 N–H and O–H groups in total. The molecule has 2 aliphatic rings. The van der Waals surface area contributed by atoms with Crippen molar-refractivity contribution < 1.29 is 9.18 Å². The lowest BCUT2D eigenvalue weighted by Crippen LogP contribution is -2.53. The molecule has 1 aliphatic carbocycles. The van der Waals surface area contributed by atoms with E-state index >= 15 is 0 Å². The number of fused-ring (bicyclic) bond motifs is 1. The van der Waals surface area contributed by atoms with Crippen molar-refractivity contribution in [2.45, 2.75) is 37.9 Å². The number of aromatic nitrogens is 3. The van der Waals surface area contributed by atoms with Gasteiger partial charge in [-0.2, -0.15) is 0 Å². The number of nitrogens with one attached hydrogen (secondary N) is 3. The van der Waals surface area contributed by atoms with E-state index in [2.05, 4.69) is 30.5 Å². The number of alkyl halides is 1. The summed E-state index contributed by atoms with van der Waals surface area (Å²) in [6.45, 7) is 3.79. The average Bonchev–Trinajstić information content (AvgIpc) is 3.16. The van der Waals surface area contributed by atoms with Crippen LogP contribution in [0.2, 0.25) is 0 Å². The van der Waals surface area contributed by atoms with Gasteiger partial charge in [0.2, 0.25) is 5.91 Å². The number of aromatic amines is 1. The second-order valence-corrected chi connectivity index (χ2v) is 7.84. The Morgan fingerprint density at radius 1 is 1.48 bits per heavy atom. The van der Waals surface area contributed by atoms with Gasteiger partial charge in [0, 0.05) is 43.7 Å². The van der Waals surface area contributed by atoms with Crippen LogP contribution < -0.4 is 10.6 Å². The molecule has 0 bridgehead atoms. The number of aryl methyl sites for hydroxylation is 1. The Labute approximate surface area is 157 Å². The molecule has 2 aromatic rings. The molecule has 1 saturated heterocycles. The summed E-state index contributed by atoms with van der Waals surface area (Å²) in [5, 5.41) is 6.00. The lowest BCUT2D eigenvalue weighted by atomic mass is 9.77. The smallest absolute Gasteiger partial charge is 0.244 e. The first-order valence-corrected chi connectivity index (χ1v) is 9.32. The Morgan fingerprint density at radius 2 is 2.30 bits per heavy atom. The van der Waals surface area contributed by atoms with Crippen LogP contribution in [-0.2, 0) is 4.79 Å². The number of halogens is 1. The predicted octanol–water partition coefficient (Wildman–Crippen LogP) is 1.93. The minimum absolute atomic E-state index is 0.00422. The van der Waals surface area contributed by atoms with Crippen LogP contribution in [0.3, 0.4) is 0 Å². The fourth-order valence-corrected chi connectivity index (χ4v) is 3.88. The molecule has 0 aromatic carbocycles. The fraction of sp³-hybridized carbons (Fsp3) is 0.526. The zero-order valence-corrected chi connectivity index (χ0v) is 15.7. The molecule has 8 heteroatoms. The molecular formula is C19H25FN6O. The number of carbonyl (C=O) groups is 1. The predicted molar refractivity (Wildman–Crippen MR) is 102 cm³/mol. The molecule has 27 heavy (non-hydrogen) atoms. The Balaban J connectivity index is 1.28. The van der Waals surface area contributed by atoms with Crippen molar-refractivity contribution in [2.24, 2.45) is 0 Å². The quantitative estimate of drug-likeness (QED) is 0.698. The molecule has 144 valence electrons. The van der Waals surface area contributed by atoms with Crippen LogP contribution in [-0.4, -0.2) is 64.2 Å². The second kappa shape index (κ2) is 6.92. The van der Waals surface area contributed by atoms with Crippen molar-refractivity contribution in [3.63, 3.8) is 0 Å². The van der Waals surface area contributed by atoms with Crippen LogP contribution in [0.1, 0.15) is 25.0 Å². The van der Waals surface area contributed by atoms with Gasteiger partial charge in [-0.05, 0) is 32.0 Å². The first kappa shape index (κ1) is 17.9. The van der Waals surface area contributed by atoms with Gasteiger partial charge < -0.3 is 20.5 Å². The van der Waals surface area contributed by atoms with Crippen LogP contribution in [0.4, 0.5) is 10.2 Å². The number of H-pyrrole nitrogens is 1. The van der Waals surface area contributed by atoms with Gasteiger partial charge in [-0.3, -0.25) is 4.79 Å². The van der Waals surface area contributed by atoms with Gasteiger partial charge in [0.05, 0.1) is 12.1 Å². The van der Waals surface area contributed by atoms with Gasteiger partial charge >= 0.3 is 0 Å². The summed E-state index contributed by atoms with van der Waals surface area (Å²) < 4.78 is 14.8. The maximum absolute atomic E-state index is 14.8. The van der Waals surface area contributed by atoms with E-state index in [4.69, 9.17) is 0 Å². The fourth-order valence-electron chi connectivity index (χ4n) is 3.88. The van der Waals surface area contributed by atoms with Gasteiger partial charge in [-0.25, -0.2) is 14.4 Å². The minimum atomic E-state index is -1.36. The van der Waals surface area contributed by atoms with Crippen molar-refractivity contribution in [3.05, 3.63) is 29.7 Å². The highest BCUT2D eigenvalue weighted by atomic mass is 19.1. The molecule has 0 spiro atoms. The number of carbonyl (C=O) groups excluding carboxylic acids is 1. The summed E-state index contributed by atoms with van der Waals surface area (Å²) in [6.07, 6.45) is 4.72. The van der Waals surface area contributed by atoms with Crippen LogP contribution in [0.5, 0.6) is 0 Å². The maximum Gasteiger partial charge on any atom is 0.244 e. The molecule has 1 amide bonds. The molecule has 1 aliphatic heterocycles. The molecule has 0 radical (unpaired) electrons. The van der Waals surface area contributed by atoms with E-state index in [0.29, 0.717) is 18.7 Å². The Hall–Kier alpha value is -2.48. The maximum atomic E-state index is 14.8. The standard InChI is InChI=1S/C19H25FN6O/c1-12-5-15-17(24-12)18(23-11-22-15)25-14-7-19(20,8-14)10-21-16(27)6-13-3-4-26(2)9-13/h5-6,11,14,24H,3-4,7-10H2,1-2H3,(H,21,27)(H,22,23,25)/b13-6+. The number of rotatable bonds is 5. The Bertz CT molecular complexity index is 885. The number of likely N-dealkylation sites (N-methyl/N-ethyl adjacent to an activating group) is 1. The van der Waals surface area contributed by atoms with E-state index in [-0.39, 0.29) is 18.5 Å². The first-order chi connectivity index (χ1) is 12.9. The van der Waals surface area contributed by atoms with Crippen molar-refractivity contribution in [1.82, 2.24) is 25.2 Å². The Kier molecular flexibility index (Phi) is 4.59. The van der Waals surface area contributed by atoms with Crippen LogP contribution in [0.15, 0.2) is 24.0 Å². The van der Waals surface area contributed by atoms with Crippen LogP contribution in [0.25, 0.3) is 11.0 Å². The zero-order chi connectivity index (χ0) is 19.0. The molecule has 7 nitrogen and oxygen atoms in total. The van der Waals surface area contributed by atoms with E-state index in [1.54, 1.807) is 6.08 Å². The zero-order valence-electron chi connectivity index (χ0n) is 15.7. The number of hydrogen-bond donors (Lipinski definition) is 3. The second-order valence-electron chi connectivity index (χ2n) is 7.84. The van der Waals surface area contributed by atoms with E-state index in [1.807, 2.05) is 20.0 Å². The number of hydrogen-bond acceptors (Lipinski definition) is 5. The van der Waals surface area contributed by atoms with Gasteiger partial charge in [-0.15, -0.1) is 0 Å². The summed E-state index contributed by atoms with van der Waals surface area (Å²) in [6, 6.07) is 1.95. The lowest BCUT2D eigenvalue weighted by Gasteiger charge is -2.41. The molecule has 0 atom stereocenters. The summed E-state index contributed by atoms with van der Waals surface area (Å²) in [5.41, 5.74) is 2.43. The molecule has 2 fully saturated rings. The van der Waals surface area contributed by atoms with Crippen molar-refractivity contribution in [2.75, 3.05) is 32.0 Å². The molecule has 3 heterocycles. The molecule has 4 rings (SSSR count). The summed E-state index contributed by atoms with van der Waals surface area (Å²) >= 11 is 0. The topological polar surface area (TPSA) is 85.9 Å². The largest absolute Gasteiger partial charge is 0.365 e. The molecule has 2 aromatic heterocycles. The highest BCUT2D eigenvalue weighted by Crippen LogP contribution is 2.38. The summed E-state index contributed by atoms with van der Waals surface area (Å²) in [5.74, 6) is 0.493. The monoisotopic (exact) mass is 372 g/mol. The van der Waals surface area contributed by atoms with Gasteiger partial charge in [0.1, 0.15) is 17.5 Å². The van der Waals surface area contributed by atoms with E-state index in [9.17, 15) is 9.18 Å². The number of likely N-dealkylation sites (tertiary alicyclic amines) is 1.